The second-order valence-electron chi connectivity index (χ2n) is 16.3. The summed E-state index contributed by atoms with van der Waals surface area (Å²) >= 11 is 0. The van der Waals surface area contributed by atoms with Gasteiger partial charge in [0.15, 0.2) is 0 Å². The van der Waals surface area contributed by atoms with Crippen LogP contribution in [0.2, 0.25) is 0 Å². The first-order chi connectivity index (χ1) is 27.9. The maximum Gasteiger partial charge on any atom is 0.269 e. The minimum absolute atomic E-state index is 0.0331. The molecular weight excluding hydrogens is 739 g/mol. The third-order valence-electron chi connectivity index (χ3n) is 11.1. The van der Waals surface area contributed by atoms with Crippen LogP contribution in [0.3, 0.4) is 0 Å². The summed E-state index contributed by atoms with van der Waals surface area (Å²) in [6.45, 7) is 16.8. The molecule has 0 radical (unpaired) electrons. The lowest BCUT2D eigenvalue weighted by atomic mass is 9.55. The second-order valence-corrected chi connectivity index (χ2v) is 16.3. The standard InChI is InChI=1S/C46H61N3O9/c1-7-24-48(42(52)23-18-32-16-19-34(20-17-32)49(53)54)41-31-39(47-58-45(4,5)6)37-29-33(14-10-12-25-50)36(15-11-13-26-51)43-38-30-35(55-27-8-2)21-22-40(38)57-46(41,44(37)43)56-28-9-3/h8-9,16-23,29-30,33,36,41,43-44,50-51H,2-3,7,10-15,24-28,31H2,1,4-6H3/t33-,36+,41-,43+,44+,46+/m0/s1. The molecule has 1 amide bonds. The molecule has 1 heterocycles. The van der Waals surface area contributed by atoms with E-state index in [1.54, 1.807) is 30.4 Å². The van der Waals surface area contributed by atoms with Crippen molar-refractivity contribution in [2.24, 2.45) is 22.9 Å². The number of oxime groups is 1. The fourth-order valence-electron chi connectivity index (χ4n) is 8.72. The summed E-state index contributed by atoms with van der Waals surface area (Å²) < 4.78 is 20.4. The second kappa shape index (κ2) is 20.3. The SMILES string of the molecule is C=CCOc1ccc2c(c1)[C@H]1[C@H](CCCCO)[C@@H](CCCCO)C=C3C(=NOC(C)(C)C)C[C@H](N(CCC)C(=O)C=Cc4ccc([N+](=O)[O-])cc4)[C@@](OCC=C)(O2)[C@H]31. The Bertz CT molecular complexity index is 1830. The molecule has 5 rings (SSSR count). The van der Waals surface area contributed by atoms with Gasteiger partial charge in [-0.25, -0.2) is 0 Å². The van der Waals surface area contributed by atoms with Crippen LogP contribution >= 0.6 is 0 Å². The maximum atomic E-state index is 14.6. The number of nitro benzene ring substituents is 1. The Morgan fingerprint density at radius 3 is 2.40 bits per heavy atom. The number of benzene rings is 2. The lowest BCUT2D eigenvalue weighted by Crippen LogP contribution is -2.70. The zero-order valence-electron chi connectivity index (χ0n) is 34.5. The van der Waals surface area contributed by atoms with E-state index in [4.69, 9.17) is 24.2 Å². The van der Waals surface area contributed by atoms with Gasteiger partial charge in [-0.1, -0.05) is 49.7 Å². The van der Waals surface area contributed by atoms with Gasteiger partial charge in [-0.2, -0.15) is 0 Å². The van der Waals surface area contributed by atoms with Crippen molar-refractivity contribution in [1.29, 1.82) is 0 Å². The number of nitro groups is 1. The summed E-state index contributed by atoms with van der Waals surface area (Å²) in [5, 5.41) is 35.9. The summed E-state index contributed by atoms with van der Waals surface area (Å²) in [7, 11) is 0. The highest BCUT2D eigenvalue weighted by Gasteiger charge is 2.65. The average molecular weight is 800 g/mol. The largest absolute Gasteiger partial charge is 0.490 e. The van der Waals surface area contributed by atoms with E-state index in [0.717, 1.165) is 36.8 Å². The first kappa shape index (κ1) is 44.3. The number of carbonyl (C=O) groups is 1. The predicted molar refractivity (Wildman–Crippen MR) is 226 cm³/mol. The summed E-state index contributed by atoms with van der Waals surface area (Å²) in [4.78, 5) is 33.5. The average Bonchev–Trinajstić information content (AvgIpc) is 3.20. The Balaban J connectivity index is 1.76. The number of allylic oxidation sites excluding steroid dienone is 1. The van der Waals surface area contributed by atoms with E-state index in [0.29, 0.717) is 55.2 Å². The number of carbonyl (C=O) groups excluding carboxylic acids is 1. The third-order valence-corrected chi connectivity index (χ3v) is 11.1. The Labute approximate surface area is 343 Å². The minimum Gasteiger partial charge on any atom is -0.490 e. The van der Waals surface area contributed by atoms with Crippen LogP contribution in [0.25, 0.3) is 6.08 Å². The van der Waals surface area contributed by atoms with Crippen LogP contribution in [-0.2, 0) is 14.4 Å². The first-order valence-electron chi connectivity index (χ1n) is 20.6. The molecule has 12 nitrogen and oxygen atoms in total. The van der Waals surface area contributed by atoms with E-state index >= 15 is 0 Å². The molecule has 1 aliphatic heterocycles. The van der Waals surface area contributed by atoms with Gasteiger partial charge in [-0.3, -0.25) is 14.9 Å². The van der Waals surface area contributed by atoms with Crippen molar-refractivity contribution in [3.63, 3.8) is 0 Å². The molecule has 1 fully saturated rings. The number of hydrogen-bond donors (Lipinski definition) is 2. The molecule has 2 aliphatic carbocycles. The number of aliphatic hydroxyl groups excluding tert-OH is 2. The topological polar surface area (TPSA) is 153 Å². The highest BCUT2D eigenvalue weighted by molar-refractivity contribution is 6.03. The Morgan fingerprint density at radius 2 is 1.76 bits per heavy atom. The molecule has 0 unspecified atom stereocenters. The summed E-state index contributed by atoms with van der Waals surface area (Å²) in [5.74, 6) is -0.808. The van der Waals surface area contributed by atoms with E-state index in [2.05, 4.69) is 25.3 Å². The summed E-state index contributed by atoms with van der Waals surface area (Å²) in [6.07, 6.45) is 14.4. The molecule has 0 saturated heterocycles. The van der Waals surface area contributed by atoms with Crippen molar-refractivity contribution in [1.82, 2.24) is 4.90 Å². The molecule has 2 N–H and O–H groups in total. The van der Waals surface area contributed by atoms with Crippen molar-refractivity contribution < 1.29 is 39.0 Å². The van der Waals surface area contributed by atoms with Crippen molar-refractivity contribution >= 4 is 23.4 Å². The van der Waals surface area contributed by atoms with Gasteiger partial charge < -0.3 is 34.2 Å². The van der Waals surface area contributed by atoms with Gasteiger partial charge in [0.05, 0.1) is 23.2 Å². The number of nitrogens with zero attached hydrogens (tertiary/aromatic N) is 3. The van der Waals surface area contributed by atoms with Crippen LogP contribution in [0, 0.1) is 27.9 Å². The van der Waals surface area contributed by atoms with Crippen LogP contribution in [0.1, 0.15) is 96.1 Å². The first-order valence-corrected chi connectivity index (χ1v) is 20.6. The van der Waals surface area contributed by atoms with E-state index in [1.165, 1.54) is 18.2 Å². The van der Waals surface area contributed by atoms with Crippen molar-refractivity contribution in [2.75, 3.05) is 33.0 Å². The Hall–Kier alpha value is -4.78. The Kier molecular flexibility index (Phi) is 15.5. The van der Waals surface area contributed by atoms with Gasteiger partial charge in [0.2, 0.25) is 11.7 Å². The van der Waals surface area contributed by atoms with Gasteiger partial charge in [-0.15, -0.1) is 6.58 Å². The summed E-state index contributed by atoms with van der Waals surface area (Å²) in [6, 6.07) is 11.2. The quantitative estimate of drug-likeness (QED) is 0.0416. The van der Waals surface area contributed by atoms with E-state index in [9.17, 15) is 25.1 Å². The van der Waals surface area contributed by atoms with Gasteiger partial charge in [-0.05, 0) is 112 Å². The molecule has 1 saturated carbocycles. The molecule has 2 aromatic rings. The summed E-state index contributed by atoms with van der Waals surface area (Å²) in [5.41, 5.74) is 2.65. The third kappa shape index (κ3) is 10.3. The normalized spacial score (nSPS) is 24.3. The molecule has 0 spiro atoms. The zero-order valence-corrected chi connectivity index (χ0v) is 34.5. The van der Waals surface area contributed by atoms with Crippen LogP contribution in [0.15, 0.2) is 90.7 Å². The molecule has 0 bridgehead atoms. The van der Waals surface area contributed by atoms with Crippen LogP contribution < -0.4 is 9.47 Å². The molecule has 12 heteroatoms. The van der Waals surface area contributed by atoms with Crippen molar-refractivity contribution in [3.8, 4) is 11.5 Å². The van der Waals surface area contributed by atoms with Crippen LogP contribution in [0.5, 0.6) is 11.5 Å². The lowest BCUT2D eigenvalue weighted by Gasteiger charge is -2.60. The van der Waals surface area contributed by atoms with E-state index < -0.39 is 28.3 Å². The molecule has 6 atom stereocenters. The smallest absolute Gasteiger partial charge is 0.269 e. The predicted octanol–water partition coefficient (Wildman–Crippen LogP) is 8.54. The molecule has 0 aromatic heterocycles. The van der Waals surface area contributed by atoms with Gasteiger partial charge in [0, 0.05) is 55.9 Å². The fraction of sp³-hybridized carbons (Fsp3) is 0.522. The molecule has 314 valence electrons. The van der Waals surface area contributed by atoms with Crippen LogP contribution in [-0.4, -0.2) is 82.1 Å². The zero-order chi connectivity index (χ0) is 41.9. The number of non-ortho nitro benzene ring substituents is 1. The number of fused-ring (bicyclic) bond motifs is 2. The van der Waals surface area contributed by atoms with E-state index in [-0.39, 0.29) is 55.6 Å². The van der Waals surface area contributed by atoms with Gasteiger partial charge in [0.25, 0.3) is 5.69 Å². The molecule has 2 aromatic carbocycles. The van der Waals surface area contributed by atoms with E-state index in [1.807, 2.05) is 44.7 Å². The minimum atomic E-state index is -1.39. The fourth-order valence-corrected chi connectivity index (χ4v) is 8.72. The number of aliphatic hydroxyl groups is 2. The van der Waals surface area contributed by atoms with Crippen molar-refractivity contribution in [3.05, 3.63) is 107 Å². The molecule has 3 aliphatic rings. The Morgan fingerprint density at radius 1 is 1.05 bits per heavy atom. The highest BCUT2D eigenvalue weighted by atomic mass is 16.7. The highest BCUT2D eigenvalue weighted by Crippen LogP contribution is 2.62. The number of rotatable bonds is 21. The number of hydrogen-bond acceptors (Lipinski definition) is 10. The van der Waals surface area contributed by atoms with Crippen molar-refractivity contribution in [2.45, 2.75) is 102 Å². The molecular formula is C46H61N3O9. The number of amides is 1. The number of ether oxygens (including phenoxy) is 3. The van der Waals surface area contributed by atoms with Gasteiger partial charge >= 0.3 is 0 Å². The van der Waals surface area contributed by atoms with Crippen LogP contribution in [0.4, 0.5) is 5.69 Å². The maximum absolute atomic E-state index is 14.6. The van der Waals surface area contributed by atoms with Gasteiger partial charge in [0.1, 0.15) is 29.7 Å². The lowest BCUT2D eigenvalue weighted by molar-refractivity contribution is -0.384. The molecule has 58 heavy (non-hydrogen) atoms. The number of unbranched alkanes of at least 4 members (excludes halogenated alkanes) is 2. The monoisotopic (exact) mass is 799 g/mol.